The normalized spacial score (nSPS) is 17.4. The molecule has 1 fully saturated rings. The fourth-order valence-corrected chi connectivity index (χ4v) is 2.82. The molecule has 9 nitrogen and oxygen atoms in total. The lowest BCUT2D eigenvalue weighted by Gasteiger charge is -2.22. The van der Waals surface area contributed by atoms with Crippen molar-refractivity contribution in [2.24, 2.45) is 5.41 Å². The van der Waals surface area contributed by atoms with Gasteiger partial charge in [-0.3, -0.25) is 9.59 Å². The van der Waals surface area contributed by atoms with Crippen LogP contribution in [0.15, 0.2) is 23.5 Å². The number of allylic oxidation sites excluding steroid dienone is 3. The maximum absolute atomic E-state index is 12.2. The molecule has 1 saturated carbocycles. The lowest BCUT2D eigenvalue weighted by Crippen LogP contribution is -2.38. The number of nitrogens with one attached hydrogen (secondary N) is 1. The van der Waals surface area contributed by atoms with Gasteiger partial charge in [-0.15, -0.1) is 0 Å². The van der Waals surface area contributed by atoms with Gasteiger partial charge in [0.25, 0.3) is 0 Å². The molecule has 0 aromatic rings. The third kappa shape index (κ3) is 5.58. The Morgan fingerprint density at radius 2 is 1.61 bits per heavy atom. The molecule has 1 aliphatic carbocycles. The third-order valence-corrected chi connectivity index (χ3v) is 4.04. The van der Waals surface area contributed by atoms with Crippen LogP contribution in [-0.4, -0.2) is 50.4 Å². The maximum atomic E-state index is 12.2. The topological polar surface area (TPSA) is 117 Å². The number of alkyl carbamates (subject to hydrolysis) is 1. The maximum Gasteiger partial charge on any atom is 0.408 e. The van der Waals surface area contributed by atoms with Gasteiger partial charge in [0.15, 0.2) is 5.41 Å². The van der Waals surface area contributed by atoms with Gasteiger partial charge in [-0.2, -0.15) is 0 Å². The van der Waals surface area contributed by atoms with E-state index in [1.165, 1.54) is 21.1 Å². The fraction of sp³-hybridized carbons (Fsp3) is 0.579. The minimum atomic E-state index is -1.56. The number of esters is 3. The van der Waals surface area contributed by atoms with Crippen LogP contribution in [-0.2, 0) is 33.3 Å². The van der Waals surface area contributed by atoms with Gasteiger partial charge in [-0.25, -0.2) is 9.59 Å². The summed E-state index contributed by atoms with van der Waals surface area (Å²) in [7, 11) is 2.35. The molecule has 28 heavy (non-hydrogen) atoms. The SMILES string of the molecule is C=C1CC(C(=O)OC)(C(=O)OC)C/C1=C(/C)OC(=O)CNC(=O)OC(C)(C)C. The lowest BCUT2D eigenvalue weighted by atomic mass is 9.85. The Labute approximate surface area is 164 Å². The van der Waals surface area contributed by atoms with Crippen molar-refractivity contribution in [3.63, 3.8) is 0 Å². The van der Waals surface area contributed by atoms with E-state index < -0.39 is 41.6 Å². The molecule has 0 radical (unpaired) electrons. The van der Waals surface area contributed by atoms with Crippen molar-refractivity contribution in [2.75, 3.05) is 20.8 Å². The van der Waals surface area contributed by atoms with Crippen LogP contribution in [0.25, 0.3) is 0 Å². The lowest BCUT2D eigenvalue weighted by molar-refractivity contribution is -0.168. The molecule has 156 valence electrons. The molecule has 0 atom stereocenters. The summed E-state index contributed by atoms with van der Waals surface area (Å²) in [6.45, 7) is 10.0. The predicted molar refractivity (Wildman–Crippen MR) is 97.9 cm³/mol. The smallest absolute Gasteiger partial charge is 0.408 e. The second kappa shape index (κ2) is 8.90. The first-order valence-electron chi connectivity index (χ1n) is 8.58. The van der Waals surface area contributed by atoms with E-state index in [9.17, 15) is 19.2 Å². The standard InChI is InChI=1S/C19H27NO8/c1-11-8-19(15(22)25-6,16(23)26-7)9-13(11)12(2)27-14(21)10-20-17(24)28-18(3,4)5/h1,8-10H2,2-7H3,(H,20,24)/b13-12+. The summed E-state index contributed by atoms with van der Waals surface area (Å²) in [5, 5.41) is 2.29. The Morgan fingerprint density at radius 1 is 1.07 bits per heavy atom. The average Bonchev–Trinajstić information content (AvgIpc) is 2.95. The molecule has 0 bridgehead atoms. The molecule has 0 aromatic carbocycles. The van der Waals surface area contributed by atoms with Crippen LogP contribution < -0.4 is 5.32 Å². The molecule has 0 spiro atoms. The number of rotatable bonds is 5. The van der Waals surface area contributed by atoms with Crippen molar-refractivity contribution in [2.45, 2.75) is 46.1 Å². The van der Waals surface area contributed by atoms with E-state index in [0.717, 1.165) is 0 Å². The van der Waals surface area contributed by atoms with Gasteiger partial charge in [0.05, 0.1) is 14.2 Å². The zero-order valence-electron chi connectivity index (χ0n) is 17.1. The van der Waals surface area contributed by atoms with E-state index in [-0.39, 0.29) is 18.6 Å². The molecule has 0 heterocycles. The van der Waals surface area contributed by atoms with E-state index in [2.05, 4.69) is 11.9 Å². The highest BCUT2D eigenvalue weighted by Crippen LogP contribution is 2.47. The second-order valence-electron chi connectivity index (χ2n) is 7.39. The Balaban J connectivity index is 2.86. The van der Waals surface area contributed by atoms with Crippen molar-refractivity contribution in [1.82, 2.24) is 5.32 Å². The highest BCUT2D eigenvalue weighted by Gasteiger charge is 2.54. The number of methoxy groups -OCH3 is 2. The summed E-state index contributed by atoms with van der Waals surface area (Å²) in [5.41, 5.74) is -1.35. The monoisotopic (exact) mass is 397 g/mol. The summed E-state index contributed by atoms with van der Waals surface area (Å²) in [6, 6.07) is 0. The van der Waals surface area contributed by atoms with Crippen LogP contribution in [0.3, 0.4) is 0 Å². The molecular formula is C19H27NO8. The van der Waals surface area contributed by atoms with Gasteiger partial charge in [0, 0.05) is 6.42 Å². The van der Waals surface area contributed by atoms with E-state index in [4.69, 9.17) is 18.9 Å². The molecule has 0 aromatic heterocycles. The van der Waals surface area contributed by atoms with Crippen LogP contribution in [0.5, 0.6) is 0 Å². The van der Waals surface area contributed by atoms with E-state index in [0.29, 0.717) is 11.1 Å². The van der Waals surface area contributed by atoms with Crippen LogP contribution in [0.1, 0.15) is 40.5 Å². The van der Waals surface area contributed by atoms with Crippen LogP contribution in [0.2, 0.25) is 0 Å². The van der Waals surface area contributed by atoms with Gasteiger partial charge < -0.3 is 24.3 Å². The second-order valence-corrected chi connectivity index (χ2v) is 7.39. The van der Waals surface area contributed by atoms with Crippen molar-refractivity contribution >= 4 is 24.0 Å². The van der Waals surface area contributed by atoms with E-state index >= 15 is 0 Å². The van der Waals surface area contributed by atoms with Crippen molar-refractivity contribution < 1.29 is 38.1 Å². The summed E-state index contributed by atoms with van der Waals surface area (Å²) < 4.78 is 19.7. The van der Waals surface area contributed by atoms with E-state index in [1.54, 1.807) is 20.8 Å². The molecule has 0 aliphatic heterocycles. The number of amides is 1. The third-order valence-electron chi connectivity index (χ3n) is 4.04. The minimum Gasteiger partial charge on any atom is -0.468 e. The number of carbonyl (C=O) groups excluding carboxylic acids is 4. The zero-order chi connectivity index (χ0) is 21.7. The quantitative estimate of drug-likeness (QED) is 0.324. The Hall–Kier alpha value is -2.84. The highest BCUT2D eigenvalue weighted by molar-refractivity contribution is 6.02. The number of hydrogen-bond acceptors (Lipinski definition) is 8. The zero-order valence-corrected chi connectivity index (χ0v) is 17.1. The highest BCUT2D eigenvalue weighted by atomic mass is 16.6. The molecule has 0 saturated heterocycles. The molecule has 0 unspecified atom stereocenters. The average molecular weight is 397 g/mol. The number of ether oxygens (including phenoxy) is 4. The first kappa shape index (κ1) is 23.2. The summed E-state index contributed by atoms with van der Waals surface area (Å²) in [4.78, 5) is 48.0. The van der Waals surface area contributed by atoms with Gasteiger partial charge in [-0.1, -0.05) is 6.58 Å². The molecule has 1 rings (SSSR count). The van der Waals surface area contributed by atoms with Gasteiger partial charge >= 0.3 is 24.0 Å². The molecule has 1 amide bonds. The Kier molecular flexibility index (Phi) is 7.37. The molecule has 1 aliphatic rings. The number of hydrogen-bond donors (Lipinski definition) is 1. The van der Waals surface area contributed by atoms with Gasteiger partial charge in [0.1, 0.15) is 17.9 Å². The molecular weight excluding hydrogens is 370 g/mol. The van der Waals surface area contributed by atoms with Crippen molar-refractivity contribution in [3.8, 4) is 0 Å². The Bertz CT molecular complexity index is 698. The minimum absolute atomic E-state index is 0.00721. The largest absolute Gasteiger partial charge is 0.468 e. The van der Waals surface area contributed by atoms with Crippen molar-refractivity contribution in [1.29, 1.82) is 0 Å². The summed E-state index contributed by atoms with van der Waals surface area (Å²) in [6.07, 6.45) is -0.827. The summed E-state index contributed by atoms with van der Waals surface area (Å²) >= 11 is 0. The first-order chi connectivity index (χ1) is 12.9. The first-order valence-corrected chi connectivity index (χ1v) is 8.58. The van der Waals surface area contributed by atoms with Gasteiger partial charge in [-0.05, 0) is 45.3 Å². The van der Waals surface area contributed by atoms with E-state index in [1.807, 2.05) is 0 Å². The van der Waals surface area contributed by atoms with Gasteiger partial charge in [0.2, 0.25) is 0 Å². The van der Waals surface area contributed by atoms with Crippen LogP contribution >= 0.6 is 0 Å². The molecule has 1 N–H and O–H groups in total. The van der Waals surface area contributed by atoms with Crippen molar-refractivity contribution in [3.05, 3.63) is 23.5 Å². The van der Waals surface area contributed by atoms with Crippen LogP contribution in [0, 0.1) is 5.41 Å². The Morgan fingerprint density at radius 3 is 2.07 bits per heavy atom. The number of carbonyl (C=O) groups is 4. The molecule has 9 heteroatoms. The fourth-order valence-electron chi connectivity index (χ4n) is 2.82. The summed E-state index contributed by atoms with van der Waals surface area (Å²) in [5.74, 6) is -2.06. The predicted octanol–water partition coefficient (Wildman–Crippen LogP) is 2.01. The van der Waals surface area contributed by atoms with Crippen LogP contribution in [0.4, 0.5) is 4.79 Å².